The van der Waals surface area contributed by atoms with E-state index in [0.29, 0.717) is 32.0 Å². The molecule has 0 spiro atoms. The lowest BCUT2D eigenvalue weighted by molar-refractivity contribution is -0.141. The van der Waals surface area contributed by atoms with Crippen LogP contribution in [0, 0.1) is 0 Å². The van der Waals surface area contributed by atoms with Crippen LogP contribution in [-0.2, 0) is 11.0 Å². The molecule has 12 heteroatoms. The maximum Gasteiger partial charge on any atom is 0.435 e. The summed E-state index contributed by atoms with van der Waals surface area (Å²) in [4.78, 5) is 15.1. The first-order chi connectivity index (χ1) is 12.2. The first kappa shape index (κ1) is 18.7. The molecule has 26 heavy (non-hydrogen) atoms. The van der Waals surface area contributed by atoms with Gasteiger partial charge in [0.1, 0.15) is 6.29 Å². The molecular formula is C14H17F5N6O. The SMILES string of the molecule is O=C1CC(C(F)F)NC(N2CCN(c3ccc(C(F)(F)F)nn3)CC2)N1. The summed E-state index contributed by atoms with van der Waals surface area (Å²) < 4.78 is 63.3. The van der Waals surface area contributed by atoms with Crippen molar-refractivity contribution >= 4 is 11.7 Å². The molecule has 3 heterocycles. The van der Waals surface area contributed by atoms with Gasteiger partial charge < -0.3 is 10.2 Å². The minimum Gasteiger partial charge on any atom is -0.353 e. The average molecular weight is 380 g/mol. The van der Waals surface area contributed by atoms with Crippen LogP contribution in [0.1, 0.15) is 12.1 Å². The number of piperazine rings is 1. The number of hydrogen-bond acceptors (Lipinski definition) is 6. The van der Waals surface area contributed by atoms with Crippen molar-refractivity contribution in [2.45, 2.75) is 31.4 Å². The van der Waals surface area contributed by atoms with Crippen LogP contribution < -0.4 is 15.5 Å². The topological polar surface area (TPSA) is 73.4 Å². The number of carbonyl (C=O) groups excluding carboxylic acids is 1. The summed E-state index contributed by atoms with van der Waals surface area (Å²) in [5, 5.41) is 12.1. The molecule has 2 saturated heterocycles. The van der Waals surface area contributed by atoms with Gasteiger partial charge in [0.2, 0.25) is 5.91 Å². The number of carbonyl (C=O) groups is 1. The van der Waals surface area contributed by atoms with Gasteiger partial charge in [-0.15, -0.1) is 10.2 Å². The zero-order valence-corrected chi connectivity index (χ0v) is 13.5. The second kappa shape index (κ2) is 7.27. The standard InChI is InChI=1S/C14H17F5N6O/c15-12(16)8-7-11(26)21-13(20-8)25-5-3-24(4-6-25)10-2-1-9(22-23-10)14(17,18)19/h1-2,8,12-13,20H,3-7H2,(H,21,26). The van der Waals surface area contributed by atoms with Crippen LogP contribution in [0.3, 0.4) is 0 Å². The van der Waals surface area contributed by atoms with E-state index < -0.39 is 36.5 Å². The number of halogens is 5. The molecule has 0 saturated carbocycles. The van der Waals surface area contributed by atoms with E-state index in [1.165, 1.54) is 6.07 Å². The molecule has 3 rings (SSSR count). The Morgan fingerprint density at radius 2 is 1.81 bits per heavy atom. The maximum absolute atomic E-state index is 12.9. The van der Waals surface area contributed by atoms with Crippen molar-refractivity contribution < 1.29 is 26.7 Å². The first-order valence-electron chi connectivity index (χ1n) is 7.97. The molecular weight excluding hydrogens is 363 g/mol. The van der Waals surface area contributed by atoms with Gasteiger partial charge in [0.15, 0.2) is 11.5 Å². The monoisotopic (exact) mass is 380 g/mol. The van der Waals surface area contributed by atoms with Gasteiger partial charge in [-0.1, -0.05) is 0 Å². The minimum absolute atomic E-state index is 0.282. The Labute approximate surface area is 145 Å². The Morgan fingerprint density at radius 3 is 2.35 bits per heavy atom. The molecule has 1 aromatic rings. The molecule has 0 bridgehead atoms. The van der Waals surface area contributed by atoms with E-state index in [1.54, 1.807) is 9.80 Å². The molecule has 2 fully saturated rings. The van der Waals surface area contributed by atoms with Gasteiger partial charge >= 0.3 is 6.18 Å². The first-order valence-corrected chi connectivity index (χ1v) is 7.97. The molecule has 2 unspecified atom stereocenters. The predicted molar refractivity (Wildman–Crippen MR) is 80.3 cm³/mol. The molecule has 1 amide bonds. The lowest BCUT2D eigenvalue weighted by Crippen LogP contribution is -2.67. The van der Waals surface area contributed by atoms with Crippen molar-refractivity contribution in [1.29, 1.82) is 0 Å². The van der Waals surface area contributed by atoms with Crippen LogP contribution in [-0.4, -0.2) is 65.9 Å². The molecule has 1 aromatic heterocycles. The third-order valence-electron chi connectivity index (χ3n) is 4.32. The van der Waals surface area contributed by atoms with Crippen LogP contribution in [0.5, 0.6) is 0 Å². The van der Waals surface area contributed by atoms with Crippen LogP contribution in [0.2, 0.25) is 0 Å². The molecule has 0 aliphatic carbocycles. The van der Waals surface area contributed by atoms with E-state index in [4.69, 9.17) is 0 Å². The maximum atomic E-state index is 12.9. The summed E-state index contributed by atoms with van der Waals surface area (Å²) in [6.45, 7) is 1.65. The molecule has 2 aliphatic heterocycles. The molecule has 2 aliphatic rings. The number of rotatable bonds is 3. The molecule has 0 aromatic carbocycles. The van der Waals surface area contributed by atoms with Gasteiger partial charge in [-0.2, -0.15) is 13.2 Å². The number of alkyl halides is 5. The summed E-state index contributed by atoms with van der Waals surface area (Å²) in [6, 6.07) is 0.914. The number of amides is 1. The van der Waals surface area contributed by atoms with E-state index >= 15 is 0 Å². The minimum atomic E-state index is -4.55. The highest BCUT2D eigenvalue weighted by atomic mass is 19.4. The summed E-state index contributed by atoms with van der Waals surface area (Å²) in [5.74, 6) is -0.140. The summed E-state index contributed by atoms with van der Waals surface area (Å²) >= 11 is 0. The quantitative estimate of drug-likeness (QED) is 0.750. The number of anilines is 1. The van der Waals surface area contributed by atoms with E-state index in [9.17, 15) is 26.7 Å². The average Bonchev–Trinajstić information content (AvgIpc) is 2.61. The van der Waals surface area contributed by atoms with Gasteiger partial charge in [0.25, 0.3) is 6.43 Å². The number of aromatic nitrogens is 2. The third-order valence-corrected chi connectivity index (χ3v) is 4.32. The molecule has 2 atom stereocenters. The fourth-order valence-electron chi connectivity index (χ4n) is 2.93. The van der Waals surface area contributed by atoms with Crippen molar-refractivity contribution in [2.75, 3.05) is 31.1 Å². The Morgan fingerprint density at radius 1 is 1.12 bits per heavy atom. The zero-order valence-electron chi connectivity index (χ0n) is 13.5. The van der Waals surface area contributed by atoms with Crippen molar-refractivity contribution in [2.24, 2.45) is 0 Å². The van der Waals surface area contributed by atoms with E-state index in [0.717, 1.165) is 6.07 Å². The lowest BCUT2D eigenvalue weighted by Gasteiger charge is -2.42. The Hall–Kier alpha value is -2.08. The number of nitrogens with zero attached hydrogens (tertiary/aromatic N) is 4. The van der Waals surface area contributed by atoms with Gasteiger partial charge in [-0.3, -0.25) is 15.0 Å². The summed E-state index contributed by atoms with van der Waals surface area (Å²) in [6.07, 6.45) is -8.17. The smallest absolute Gasteiger partial charge is 0.353 e. The van der Waals surface area contributed by atoms with Crippen molar-refractivity contribution in [3.63, 3.8) is 0 Å². The lowest BCUT2D eigenvalue weighted by atomic mass is 10.1. The zero-order chi connectivity index (χ0) is 18.9. The summed E-state index contributed by atoms with van der Waals surface area (Å²) in [5.41, 5.74) is -1.06. The van der Waals surface area contributed by atoms with Crippen molar-refractivity contribution in [1.82, 2.24) is 25.7 Å². The van der Waals surface area contributed by atoms with Gasteiger partial charge in [-0.05, 0) is 12.1 Å². The second-order valence-electron chi connectivity index (χ2n) is 6.08. The van der Waals surface area contributed by atoms with E-state index in [-0.39, 0.29) is 6.42 Å². The van der Waals surface area contributed by atoms with E-state index in [1.807, 2.05) is 0 Å². The highest BCUT2D eigenvalue weighted by Gasteiger charge is 2.36. The van der Waals surface area contributed by atoms with Crippen molar-refractivity contribution in [3.8, 4) is 0 Å². The predicted octanol–water partition coefficient (Wildman–Crippen LogP) is 0.644. The third kappa shape index (κ3) is 4.18. The Balaban J connectivity index is 1.58. The number of nitrogens with one attached hydrogen (secondary N) is 2. The fourth-order valence-corrected chi connectivity index (χ4v) is 2.93. The van der Waals surface area contributed by atoms with Crippen LogP contribution in [0.4, 0.5) is 27.8 Å². The highest BCUT2D eigenvalue weighted by molar-refractivity contribution is 5.77. The Bertz CT molecular complexity index is 632. The normalized spacial score (nSPS) is 25.5. The molecule has 7 nitrogen and oxygen atoms in total. The highest BCUT2D eigenvalue weighted by Crippen LogP contribution is 2.27. The largest absolute Gasteiger partial charge is 0.435 e. The van der Waals surface area contributed by atoms with Crippen LogP contribution in [0.25, 0.3) is 0 Å². The van der Waals surface area contributed by atoms with Gasteiger partial charge in [0.05, 0.1) is 6.04 Å². The van der Waals surface area contributed by atoms with Gasteiger partial charge in [-0.25, -0.2) is 8.78 Å². The van der Waals surface area contributed by atoms with Crippen LogP contribution in [0.15, 0.2) is 12.1 Å². The van der Waals surface area contributed by atoms with Gasteiger partial charge in [0, 0.05) is 32.6 Å². The molecule has 2 N–H and O–H groups in total. The summed E-state index contributed by atoms with van der Waals surface area (Å²) in [7, 11) is 0. The Kier molecular flexibility index (Phi) is 5.23. The van der Waals surface area contributed by atoms with Crippen molar-refractivity contribution in [3.05, 3.63) is 17.8 Å². The second-order valence-corrected chi connectivity index (χ2v) is 6.08. The molecule has 144 valence electrons. The van der Waals surface area contributed by atoms with Crippen LogP contribution >= 0.6 is 0 Å². The molecule has 0 radical (unpaired) electrons. The van der Waals surface area contributed by atoms with E-state index in [2.05, 4.69) is 20.8 Å². The number of hydrogen-bond donors (Lipinski definition) is 2. The fraction of sp³-hybridized carbons (Fsp3) is 0.643.